The molecule has 4 heteroatoms. The second-order valence-electron chi connectivity index (χ2n) is 7.99. The molecule has 1 heterocycles. The topological polar surface area (TPSA) is 21.7 Å². The molecule has 0 aliphatic carbocycles. The highest BCUT2D eigenvalue weighted by Gasteiger charge is 2.52. The Morgan fingerprint density at radius 3 is 1.88 bits per heavy atom. The van der Waals surface area contributed by atoms with E-state index in [-0.39, 0.29) is 24.4 Å². The summed E-state index contributed by atoms with van der Waals surface area (Å²) in [6.07, 6.45) is 0. The highest BCUT2D eigenvalue weighted by atomic mass is 16.7. The van der Waals surface area contributed by atoms with E-state index in [1.165, 1.54) is 11.1 Å². The summed E-state index contributed by atoms with van der Waals surface area (Å²) in [5, 5.41) is 0. The average Bonchev–Trinajstić information content (AvgIpc) is 2.77. The lowest BCUT2D eigenvalue weighted by Crippen LogP contribution is -2.41. The Morgan fingerprint density at radius 1 is 0.800 bits per heavy atom. The number of hydrogen-bond donors (Lipinski definition) is 0. The first-order chi connectivity index (χ1) is 11.7. The molecule has 0 radical (unpaired) electrons. The molecular formula is C21H28BNO2. The zero-order valence-electron chi connectivity index (χ0n) is 16.1. The summed E-state index contributed by atoms with van der Waals surface area (Å²) < 4.78 is 12.6. The molecule has 2 aromatic carbocycles. The van der Waals surface area contributed by atoms with E-state index >= 15 is 0 Å². The van der Waals surface area contributed by atoms with Gasteiger partial charge in [0.1, 0.15) is 0 Å². The van der Waals surface area contributed by atoms with Crippen molar-refractivity contribution in [2.75, 3.05) is 14.1 Å². The van der Waals surface area contributed by atoms with Crippen LogP contribution in [0.1, 0.15) is 44.9 Å². The number of benzene rings is 2. The Kier molecular flexibility index (Phi) is 4.80. The molecule has 0 aromatic heterocycles. The van der Waals surface area contributed by atoms with E-state index in [1.807, 2.05) is 0 Å². The van der Waals surface area contributed by atoms with Gasteiger partial charge in [0, 0.05) is 0 Å². The maximum Gasteiger partial charge on any atom is 0.495 e. The van der Waals surface area contributed by atoms with Crippen molar-refractivity contribution < 1.29 is 9.31 Å². The van der Waals surface area contributed by atoms with Crippen LogP contribution < -0.4 is 5.46 Å². The third-order valence-electron chi connectivity index (χ3n) is 5.43. The molecule has 1 fully saturated rings. The Bertz CT molecular complexity index is 712. The van der Waals surface area contributed by atoms with Gasteiger partial charge in [-0.3, -0.25) is 4.90 Å². The van der Waals surface area contributed by atoms with Crippen LogP contribution >= 0.6 is 0 Å². The molecule has 0 bridgehead atoms. The second kappa shape index (κ2) is 6.60. The fourth-order valence-corrected chi connectivity index (χ4v) is 3.34. The minimum atomic E-state index is -0.354. The van der Waals surface area contributed by atoms with Crippen molar-refractivity contribution in [2.24, 2.45) is 0 Å². The second-order valence-corrected chi connectivity index (χ2v) is 7.99. The van der Waals surface area contributed by atoms with Gasteiger partial charge in [-0.2, -0.15) is 0 Å². The Balaban J connectivity index is 2.04. The van der Waals surface area contributed by atoms with Crippen molar-refractivity contribution >= 4 is 12.6 Å². The predicted molar refractivity (Wildman–Crippen MR) is 104 cm³/mol. The summed E-state index contributed by atoms with van der Waals surface area (Å²) in [4.78, 5) is 2.24. The molecule has 0 amide bonds. The van der Waals surface area contributed by atoms with Gasteiger partial charge in [0.25, 0.3) is 0 Å². The molecule has 1 saturated heterocycles. The van der Waals surface area contributed by atoms with Gasteiger partial charge in [-0.15, -0.1) is 0 Å². The first kappa shape index (κ1) is 18.2. The van der Waals surface area contributed by atoms with Crippen LogP contribution in [0.15, 0.2) is 54.6 Å². The van der Waals surface area contributed by atoms with E-state index in [0.29, 0.717) is 0 Å². The molecule has 0 N–H and O–H groups in total. The highest BCUT2D eigenvalue weighted by Crippen LogP contribution is 2.37. The summed E-state index contributed by atoms with van der Waals surface area (Å²) in [5.74, 6) is 0. The Morgan fingerprint density at radius 2 is 1.32 bits per heavy atom. The van der Waals surface area contributed by atoms with E-state index in [0.717, 1.165) is 5.46 Å². The average molecular weight is 337 g/mol. The molecule has 0 unspecified atom stereocenters. The van der Waals surface area contributed by atoms with Gasteiger partial charge >= 0.3 is 7.12 Å². The third kappa shape index (κ3) is 3.39. The van der Waals surface area contributed by atoms with Crippen LogP contribution in [0.5, 0.6) is 0 Å². The van der Waals surface area contributed by atoms with Gasteiger partial charge in [-0.25, -0.2) is 0 Å². The summed E-state index contributed by atoms with van der Waals surface area (Å²) in [6, 6.07) is 19.2. The molecular weight excluding hydrogens is 309 g/mol. The highest BCUT2D eigenvalue weighted by molar-refractivity contribution is 6.62. The van der Waals surface area contributed by atoms with Crippen molar-refractivity contribution in [1.82, 2.24) is 4.90 Å². The van der Waals surface area contributed by atoms with Crippen LogP contribution in [-0.2, 0) is 9.31 Å². The van der Waals surface area contributed by atoms with Crippen molar-refractivity contribution in [2.45, 2.75) is 44.9 Å². The van der Waals surface area contributed by atoms with Crippen LogP contribution in [0.3, 0.4) is 0 Å². The van der Waals surface area contributed by atoms with Crippen LogP contribution in [0.25, 0.3) is 0 Å². The van der Waals surface area contributed by atoms with Gasteiger partial charge in [-0.05, 0) is 58.4 Å². The third-order valence-corrected chi connectivity index (χ3v) is 5.43. The van der Waals surface area contributed by atoms with Crippen LogP contribution in [-0.4, -0.2) is 37.3 Å². The quantitative estimate of drug-likeness (QED) is 0.795. The molecule has 1 atom stereocenters. The predicted octanol–water partition coefficient (Wildman–Crippen LogP) is 3.64. The van der Waals surface area contributed by atoms with Crippen LogP contribution in [0.4, 0.5) is 0 Å². The van der Waals surface area contributed by atoms with Crippen molar-refractivity contribution in [3.05, 3.63) is 65.7 Å². The molecule has 3 rings (SSSR count). The summed E-state index contributed by atoms with van der Waals surface area (Å²) >= 11 is 0. The first-order valence-corrected chi connectivity index (χ1v) is 8.89. The zero-order chi connectivity index (χ0) is 18.2. The fourth-order valence-electron chi connectivity index (χ4n) is 3.34. The van der Waals surface area contributed by atoms with E-state index < -0.39 is 0 Å². The number of nitrogens with zero attached hydrogens (tertiary/aromatic N) is 1. The van der Waals surface area contributed by atoms with Gasteiger partial charge in [0.05, 0.1) is 17.2 Å². The lowest BCUT2D eigenvalue weighted by Gasteiger charge is -2.32. The Hall–Kier alpha value is -1.62. The fraction of sp³-hybridized carbons (Fsp3) is 0.429. The minimum absolute atomic E-state index is 0.149. The number of hydrogen-bond acceptors (Lipinski definition) is 3. The maximum absolute atomic E-state index is 6.32. The van der Waals surface area contributed by atoms with Crippen LogP contribution in [0.2, 0.25) is 0 Å². The monoisotopic (exact) mass is 337 g/mol. The van der Waals surface area contributed by atoms with E-state index in [4.69, 9.17) is 9.31 Å². The van der Waals surface area contributed by atoms with Gasteiger partial charge in [-0.1, -0.05) is 54.6 Å². The van der Waals surface area contributed by atoms with Crippen molar-refractivity contribution in [3.63, 3.8) is 0 Å². The Labute approximate surface area is 152 Å². The SMILES string of the molecule is CN(C)[C@@H](c1ccccc1)c1ccccc1B1OC(C)(C)C(C)(C)O1. The molecule has 25 heavy (non-hydrogen) atoms. The summed E-state index contributed by atoms with van der Waals surface area (Å²) in [7, 11) is 3.87. The lowest BCUT2D eigenvalue weighted by atomic mass is 9.73. The van der Waals surface area contributed by atoms with E-state index in [1.54, 1.807) is 0 Å². The molecule has 0 spiro atoms. The molecule has 2 aromatic rings. The summed E-state index contributed by atoms with van der Waals surface area (Å²) in [6.45, 7) is 8.37. The molecule has 1 aliphatic rings. The normalized spacial score (nSPS) is 20.0. The molecule has 0 saturated carbocycles. The first-order valence-electron chi connectivity index (χ1n) is 8.89. The minimum Gasteiger partial charge on any atom is -0.399 e. The molecule has 1 aliphatic heterocycles. The largest absolute Gasteiger partial charge is 0.495 e. The van der Waals surface area contributed by atoms with E-state index in [9.17, 15) is 0 Å². The van der Waals surface area contributed by atoms with Gasteiger partial charge < -0.3 is 9.31 Å². The van der Waals surface area contributed by atoms with Crippen molar-refractivity contribution in [3.8, 4) is 0 Å². The summed E-state index contributed by atoms with van der Waals surface area (Å²) in [5.41, 5.74) is 2.90. The maximum atomic E-state index is 6.32. The smallest absolute Gasteiger partial charge is 0.399 e. The number of rotatable bonds is 4. The lowest BCUT2D eigenvalue weighted by molar-refractivity contribution is 0.00578. The van der Waals surface area contributed by atoms with E-state index in [2.05, 4.69) is 101 Å². The molecule has 132 valence electrons. The standard InChI is InChI=1S/C21H28BNO2/c1-20(2)21(3,4)25-22(24-20)18-15-11-10-14-17(18)19(23(5)6)16-12-8-7-9-13-16/h7-15,19H,1-6H3/t19-/m0/s1. The van der Waals surface area contributed by atoms with Crippen LogP contribution in [0, 0.1) is 0 Å². The molecule has 3 nitrogen and oxygen atoms in total. The van der Waals surface area contributed by atoms with Crippen molar-refractivity contribution in [1.29, 1.82) is 0 Å². The zero-order valence-corrected chi connectivity index (χ0v) is 16.1. The van der Waals surface area contributed by atoms with Gasteiger partial charge in [0.2, 0.25) is 0 Å². The van der Waals surface area contributed by atoms with Gasteiger partial charge in [0.15, 0.2) is 0 Å².